The van der Waals surface area contributed by atoms with Gasteiger partial charge in [-0.1, -0.05) is 18.2 Å². The molecule has 0 radical (unpaired) electrons. The van der Waals surface area contributed by atoms with Crippen LogP contribution >= 0.6 is 12.2 Å². The van der Waals surface area contributed by atoms with E-state index >= 15 is 0 Å². The number of phenols is 1. The summed E-state index contributed by atoms with van der Waals surface area (Å²) in [6, 6.07) is 6.95. The molecule has 0 aliphatic carbocycles. The molecule has 1 unspecified atom stereocenters. The number of nitrogens with one attached hydrogen (secondary N) is 1. The summed E-state index contributed by atoms with van der Waals surface area (Å²) in [5.74, 6) is 0.896. The maximum absolute atomic E-state index is 9.47. The molecule has 0 saturated heterocycles. The highest BCUT2D eigenvalue weighted by Gasteiger charge is 2.12. The van der Waals surface area contributed by atoms with Crippen LogP contribution in [0, 0.1) is 4.77 Å². The van der Waals surface area contributed by atoms with Gasteiger partial charge >= 0.3 is 0 Å². The topological polar surface area (TPSA) is 53.8 Å². The number of aromatic hydroxyl groups is 1. The fourth-order valence-corrected chi connectivity index (χ4v) is 1.93. The van der Waals surface area contributed by atoms with Crippen molar-refractivity contribution in [3.8, 4) is 17.1 Å². The Balaban J connectivity index is 2.60. The summed E-state index contributed by atoms with van der Waals surface area (Å²) in [6.45, 7) is 5.73. The summed E-state index contributed by atoms with van der Waals surface area (Å²) in [5.41, 5.74) is 0.811. The Morgan fingerprint density at radius 3 is 3.00 bits per heavy atom. The van der Waals surface area contributed by atoms with E-state index in [1.165, 1.54) is 0 Å². The standard InChI is InChI=1S/C12H13N3OS/c1-3-8(2)15-11(13-14-12(15)17)9-5-4-6-10(16)7-9/h3-8,16H,1H2,2H3,(H,14,17). The number of hydrogen-bond acceptors (Lipinski definition) is 3. The molecule has 4 nitrogen and oxygen atoms in total. The molecule has 5 heteroatoms. The maximum atomic E-state index is 9.47. The first-order valence-electron chi connectivity index (χ1n) is 5.22. The number of aromatic nitrogens is 3. The van der Waals surface area contributed by atoms with Crippen LogP contribution in [-0.4, -0.2) is 19.9 Å². The van der Waals surface area contributed by atoms with Crippen LogP contribution in [0.5, 0.6) is 5.75 Å². The second kappa shape index (κ2) is 4.55. The molecule has 0 saturated carbocycles. The number of aromatic amines is 1. The van der Waals surface area contributed by atoms with Gasteiger partial charge in [-0.15, -0.1) is 6.58 Å². The molecular formula is C12H13N3OS. The predicted molar refractivity (Wildman–Crippen MR) is 69.4 cm³/mol. The van der Waals surface area contributed by atoms with Gasteiger partial charge in [0, 0.05) is 5.56 Å². The summed E-state index contributed by atoms with van der Waals surface area (Å²) in [6.07, 6.45) is 1.79. The summed E-state index contributed by atoms with van der Waals surface area (Å²) in [7, 11) is 0. The zero-order valence-corrected chi connectivity index (χ0v) is 10.2. The summed E-state index contributed by atoms with van der Waals surface area (Å²) in [4.78, 5) is 0. The molecule has 0 spiro atoms. The largest absolute Gasteiger partial charge is 0.508 e. The monoisotopic (exact) mass is 247 g/mol. The van der Waals surface area contributed by atoms with Crippen molar-refractivity contribution >= 4 is 12.2 Å². The number of phenolic OH excluding ortho intramolecular Hbond substituents is 1. The lowest BCUT2D eigenvalue weighted by atomic mass is 10.2. The van der Waals surface area contributed by atoms with E-state index in [1.54, 1.807) is 24.3 Å². The minimum atomic E-state index is 0.0404. The smallest absolute Gasteiger partial charge is 0.195 e. The lowest BCUT2D eigenvalue weighted by Crippen LogP contribution is -2.04. The number of hydrogen-bond donors (Lipinski definition) is 2. The van der Waals surface area contributed by atoms with Crippen LogP contribution in [0.2, 0.25) is 0 Å². The van der Waals surface area contributed by atoms with Crippen molar-refractivity contribution < 1.29 is 5.11 Å². The van der Waals surface area contributed by atoms with Crippen molar-refractivity contribution in [1.82, 2.24) is 14.8 Å². The van der Waals surface area contributed by atoms with Crippen molar-refractivity contribution in [2.24, 2.45) is 0 Å². The molecule has 0 amide bonds. The Labute approximate surface area is 104 Å². The second-order valence-corrected chi connectivity index (χ2v) is 4.14. The van der Waals surface area contributed by atoms with Crippen LogP contribution in [0.4, 0.5) is 0 Å². The van der Waals surface area contributed by atoms with E-state index in [2.05, 4.69) is 16.8 Å². The molecule has 0 aliphatic heterocycles. The Kier molecular flexibility index (Phi) is 3.10. The van der Waals surface area contributed by atoms with Crippen LogP contribution in [0.3, 0.4) is 0 Å². The zero-order chi connectivity index (χ0) is 12.4. The average Bonchev–Trinajstić information content (AvgIpc) is 2.70. The first kappa shape index (κ1) is 11.6. The second-order valence-electron chi connectivity index (χ2n) is 3.75. The molecule has 0 fully saturated rings. The number of rotatable bonds is 3. The van der Waals surface area contributed by atoms with Crippen LogP contribution in [0.25, 0.3) is 11.4 Å². The first-order valence-corrected chi connectivity index (χ1v) is 5.63. The quantitative estimate of drug-likeness (QED) is 0.647. The van der Waals surface area contributed by atoms with Gasteiger partial charge < -0.3 is 5.11 Å². The molecule has 2 rings (SSSR count). The number of nitrogens with zero attached hydrogens (tertiary/aromatic N) is 2. The Hall–Kier alpha value is -1.88. The van der Waals surface area contributed by atoms with Gasteiger partial charge in [-0.25, -0.2) is 0 Å². The Morgan fingerprint density at radius 1 is 1.59 bits per heavy atom. The summed E-state index contributed by atoms with van der Waals surface area (Å²) >= 11 is 5.18. The van der Waals surface area contributed by atoms with Gasteiger partial charge in [0.15, 0.2) is 10.6 Å². The molecule has 1 heterocycles. The van der Waals surface area contributed by atoms with Gasteiger partial charge in [0.1, 0.15) is 5.75 Å². The number of benzene rings is 1. The van der Waals surface area contributed by atoms with E-state index < -0.39 is 0 Å². The highest BCUT2D eigenvalue weighted by atomic mass is 32.1. The zero-order valence-electron chi connectivity index (χ0n) is 9.42. The molecule has 1 aromatic carbocycles. The fourth-order valence-electron chi connectivity index (χ4n) is 1.64. The molecule has 0 bridgehead atoms. The van der Waals surface area contributed by atoms with E-state index in [9.17, 15) is 5.11 Å². The van der Waals surface area contributed by atoms with Gasteiger partial charge in [0.2, 0.25) is 0 Å². The van der Waals surface area contributed by atoms with E-state index in [0.717, 1.165) is 5.56 Å². The van der Waals surface area contributed by atoms with Crippen molar-refractivity contribution in [1.29, 1.82) is 0 Å². The van der Waals surface area contributed by atoms with Crippen molar-refractivity contribution in [3.05, 3.63) is 41.7 Å². The molecule has 1 aromatic heterocycles. The third-order valence-electron chi connectivity index (χ3n) is 2.56. The van der Waals surface area contributed by atoms with Crippen molar-refractivity contribution in [3.63, 3.8) is 0 Å². The third kappa shape index (κ3) is 2.14. The summed E-state index contributed by atoms with van der Waals surface area (Å²) < 4.78 is 2.40. The third-order valence-corrected chi connectivity index (χ3v) is 2.85. The van der Waals surface area contributed by atoms with Gasteiger partial charge in [-0.3, -0.25) is 9.67 Å². The molecule has 88 valence electrons. The minimum absolute atomic E-state index is 0.0404. The van der Waals surface area contributed by atoms with Gasteiger partial charge in [-0.2, -0.15) is 5.10 Å². The van der Waals surface area contributed by atoms with E-state index in [0.29, 0.717) is 10.6 Å². The number of H-pyrrole nitrogens is 1. The average molecular weight is 247 g/mol. The number of allylic oxidation sites excluding steroid dienone is 1. The van der Waals surface area contributed by atoms with Crippen LogP contribution in [-0.2, 0) is 0 Å². The molecule has 1 atom stereocenters. The summed E-state index contributed by atoms with van der Waals surface area (Å²) in [5, 5.41) is 16.4. The molecule has 2 N–H and O–H groups in total. The maximum Gasteiger partial charge on any atom is 0.195 e. The highest BCUT2D eigenvalue weighted by molar-refractivity contribution is 7.71. The van der Waals surface area contributed by atoms with E-state index in [-0.39, 0.29) is 11.8 Å². The first-order chi connectivity index (χ1) is 8.13. The van der Waals surface area contributed by atoms with Gasteiger partial charge in [-0.05, 0) is 31.3 Å². The van der Waals surface area contributed by atoms with Gasteiger partial charge in [0.05, 0.1) is 6.04 Å². The van der Waals surface area contributed by atoms with Gasteiger partial charge in [0.25, 0.3) is 0 Å². The molecule has 17 heavy (non-hydrogen) atoms. The lowest BCUT2D eigenvalue weighted by molar-refractivity contribution is 0.475. The highest BCUT2D eigenvalue weighted by Crippen LogP contribution is 2.24. The van der Waals surface area contributed by atoms with Crippen LogP contribution < -0.4 is 0 Å². The fraction of sp³-hybridized carbons (Fsp3) is 0.167. The SMILES string of the molecule is C=CC(C)n1c(-c2cccc(O)c2)n[nH]c1=S. The Morgan fingerprint density at radius 2 is 2.35 bits per heavy atom. The van der Waals surface area contributed by atoms with E-state index in [4.69, 9.17) is 12.2 Å². The van der Waals surface area contributed by atoms with Crippen molar-refractivity contribution in [2.75, 3.05) is 0 Å². The predicted octanol–water partition coefficient (Wildman–Crippen LogP) is 3.06. The van der Waals surface area contributed by atoms with Crippen LogP contribution in [0.1, 0.15) is 13.0 Å². The Bertz CT molecular complexity index is 600. The lowest BCUT2D eigenvalue weighted by Gasteiger charge is -2.11. The minimum Gasteiger partial charge on any atom is -0.508 e. The van der Waals surface area contributed by atoms with E-state index in [1.807, 2.05) is 17.6 Å². The normalized spacial score (nSPS) is 12.3. The van der Waals surface area contributed by atoms with Crippen molar-refractivity contribution in [2.45, 2.75) is 13.0 Å². The molecular weight excluding hydrogens is 234 g/mol. The molecule has 2 aromatic rings. The van der Waals surface area contributed by atoms with Crippen LogP contribution in [0.15, 0.2) is 36.9 Å². The molecule has 0 aliphatic rings.